The van der Waals surface area contributed by atoms with E-state index >= 15 is 0 Å². The van der Waals surface area contributed by atoms with Gasteiger partial charge in [-0.2, -0.15) is 4.98 Å². The monoisotopic (exact) mass is 348 g/mol. The molecule has 0 aliphatic heterocycles. The van der Waals surface area contributed by atoms with Gasteiger partial charge in [0.1, 0.15) is 0 Å². The van der Waals surface area contributed by atoms with Crippen LogP contribution in [0.4, 0.5) is 0 Å². The van der Waals surface area contributed by atoms with Crippen LogP contribution in [0.5, 0.6) is 0 Å². The summed E-state index contributed by atoms with van der Waals surface area (Å²) in [6, 6.07) is 11.9. The van der Waals surface area contributed by atoms with Crippen molar-refractivity contribution < 1.29 is 9.32 Å². The molecular formula is C20H20N4O2. The number of amides is 1. The molecule has 0 saturated carbocycles. The molecule has 0 radical (unpaired) electrons. The van der Waals surface area contributed by atoms with Crippen LogP contribution in [0.1, 0.15) is 35.8 Å². The second kappa shape index (κ2) is 7.07. The molecule has 1 aromatic carbocycles. The van der Waals surface area contributed by atoms with Gasteiger partial charge in [-0.1, -0.05) is 29.4 Å². The Morgan fingerprint density at radius 2 is 2.15 bits per heavy atom. The molecule has 0 N–H and O–H groups in total. The van der Waals surface area contributed by atoms with Crippen molar-refractivity contribution in [2.24, 2.45) is 0 Å². The third-order valence-corrected chi connectivity index (χ3v) is 4.80. The van der Waals surface area contributed by atoms with E-state index in [9.17, 15) is 4.79 Å². The van der Waals surface area contributed by atoms with E-state index in [2.05, 4.69) is 27.3 Å². The normalized spacial score (nSPS) is 16.1. The maximum atomic E-state index is 13.0. The Morgan fingerprint density at radius 1 is 1.27 bits per heavy atom. The summed E-state index contributed by atoms with van der Waals surface area (Å²) in [7, 11) is 1.79. The van der Waals surface area contributed by atoms with E-state index < -0.39 is 0 Å². The number of fused-ring (bicyclic) bond motifs is 1. The van der Waals surface area contributed by atoms with E-state index in [0.717, 1.165) is 30.4 Å². The number of aryl methyl sites for hydroxylation is 1. The highest BCUT2D eigenvalue weighted by atomic mass is 16.5. The van der Waals surface area contributed by atoms with Crippen LogP contribution in [0.25, 0.3) is 11.4 Å². The minimum Gasteiger partial charge on any atom is -0.337 e. The zero-order valence-electron chi connectivity index (χ0n) is 14.6. The molecule has 0 unspecified atom stereocenters. The van der Waals surface area contributed by atoms with Crippen molar-refractivity contribution in [1.82, 2.24) is 20.0 Å². The Balaban J connectivity index is 1.48. The second-order valence-corrected chi connectivity index (χ2v) is 6.59. The van der Waals surface area contributed by atoms with Crippen LogP contribution >= 0.6 is 0 Å². The molecule has 0 bridgehead atoms. The van der Waals surface area contributed by atoms with E-state index in [-0.39, 0.29) is 11.8 Å². The van der Waals surface area contributed by atoms with Crippen molar-refractivity contribution in [3.8, 4) is 11.4 Å². The lowest BCUT2D eigenvalue weighted by Gasteiger charge is -2.28. The third-order valence-electron chi connectivity index (χ3n) is 4.80. The summed E-state index contributed by atoms with van der Waals surface area (Å²) in [4.78, 5) is 23.1. The smallest absolute Gasteiger partial charge is 0.246 e. The van der Waals surface area contributed by atoms with Crippen molar-refractivity contribution in [1.29, 1.82) is 0 Å². The van der Waals surface area contributed by atoms with Crippen LogP contribution in [0.15, 0.2) is 53.3 Å². The van der Waals surface area contributed by atoms with E-state index in [1.165, 1.54) is 5.56 Å². The molecular weight excluding hydrogens is 328 g/mol. The van der Waals surface area contributed by atoms with Crippen LogP contribution < -0.4 is 0 Å². The first-order valence-corrected chi connectivity index (χ1v) is 8.78. The number of carbonyl (C=O) groups is 1. The fraction of sp³-hybridized carbons (Fsp3) is 0.300. The Kier molecular flexibility index (Phi) is 4.48. The maximum Gasteiger partial charge on any atom is 0.246 e. The first-order valence-electron chi connectivity index (χ1n) is 8.78. The van der Waals surface area contributed by atoms with Crippen LogP contribution in [0.2, 0.25) is 0 Å². The summed E-state index contributed by atoms with van der Waals surface area (Å²) in [5.41, 5.74) is 3.22. The molecule has 0 fully saturated rings. The summed E-state index contributed by atoms with van der Waals surface area (Å²) < 4.78 is 5.31. The molecule has 132 valence electrons. The molecule has 0 saturated heterocycles. The SMILES string of the molecule is CN(Cc1nc(-c2cccnc2)no1)C(=O)[C@H]1CCCc2ccccc21. The largest absolute Gasteiger partial charge is 0.337 e. The molecule has 4 rings (SSSR count). The lowest BCUT2D eigenvalue weighted by atomic mass is 9.82. The number of rotatable bonds is 4. The maximum absolute atomic E-state index is 13.0. The number of benzene rings is 1. The molecule has 1 amide bonds. The fourth-order valence-corrected chi connectivity index (χ4v) is 3.49. The van der Waals surface area contributed by atoms with Gasteiger partial charge in [0.05, 0.1) is 12.5 Å². The number of pyridine rings is 1. The molecule has 2 aromatic heterocycles. The molecule has 6 heteroatoms. The Hall–Kier alpha value is -3.02. The molecule has 6 nitrogen and oxygen atoms in total. The van der Waals surface area contributed by atoms with E-state index in [1.54, 1.807) is 24.3 Å². The van der Waals surface area contributed by atoms with Crippen LogP contribution in [-0.4, -0.2) is 33.0 Å². The van der Waals surface area contributed by atoms with Crippen molar-refractivity contribution in [3.63, 3.8) is 0 Å². The van der Waals surface area contributed by atoms with Gasteiger partial charge in [-0.25, -0.2) is 0 Å². The van der Waals surface area contributed by atoms with Gasteiger partial charge in [-0.15, -0.1) is 0 Å². The molecule has 2 heterocycles. The lowest BCUT2D eigenvalue weighted by molar-refractivity contribution is -0.132. The zero-order chi connectivity index (χ0) is 17.9. The molecule has 26 heavy (non-hydrogen) atoms. The van der Waals surface area contributed by atoms with Crippen LogP contribution in [0.3, 0.4) is 0 Å². The van der Waals surface area contributed by atoms with Crippen molar-refractivity contribution >= 4 is 5.91 Å². The second-order valence-electron chi connectivity index (χ2n) is 6.59. The molecule has 3 aromatic rings. The molecule has 1 aliphatic carbocycles. The predicted molar refractivity (Wildman–Crippen MR) is 96.1 cm³/mol. The summed E-state index contributed by atoms with van der Waals surface area (Å²) >= 11 is 0. The zero-order valence-corrected chi connectivity index (χ0v) is 14.6. The molecule has 1 atom stereocenters. The highest BCUT2D eigenvalue weighted by Gasteiger charge is 2.29. The van der Waals surface area contributed by atoms with Crippen LogP contribution in [-0.2, 0) is 17.8 Å². The highest BCUT2D eigenvalue weighted by Crippen LogP contribution is 2.32. The standard InChI is InChI=1S/C20H20N4O2/c1-24(13-18-22-19(23-26-18)15-8-5-11-21-12-15)20(25)17-10-4-7-14-6-2-3-9-16(14)17/h2-3,5-6,8-9,11-12,17H,4,7,10,13H2,1H3/t17-/m0/s1. The van der Waals surface area contributed by atoms with Gasteiger partial charge in [-0.05, 0) is 42.5 Å². The number of carbonyl (C=O) groups excluding carboxylic acids is 1. The van der Waals surface area contributed by atoms with Gasteiger partial charge in [0.2, 0.25) is 17.6 Å². The van der Waals surface area contributed by atoms with Gasteiger partial charge < -0.3 is 9.42 Å². The molecule has 1 aliphatic rings. The predicted octanol–water partition coefficient (Wildman–Crippen LogP) is 3.21. The molecule has 0 spiro atoms. The Labute approximate surface area is 151 Å². The summed E-state index contributed by atoms with van der Waals surface area (Å²) in [5.74, 6) is 0.907. The average Bonchev–Trinajstić information content (AvgIpc) is 3.16. The van der Waals surface area contributed by atoms with E-state index in [1.807, 2.05) is 24.3 Å². The number of hydrogen-bond donors (Lipinski definition) is 0. The number of nitrogens with zero attached hydrogens (tertiary/aromatic N) is 4. The van der Waals surface area contributed by atoms with Gasteiger partial charge in [-0.3, -0.25) is 9.78 Å². The van der Waals surface area contributed by atoms with Crippen molar-refractivity contribution in [3.05, 3.63) is 65.8 Å². The first kappa shape index (κ1) is 16.4. The topological polar surface area (TPSA) is 72.1 Å². The fourth-order valence-electron chi connectivity index (χ4n) is 3.49. The third kappa shape index (κ3) is 3.22. The van der Waals surface area contributed by atoms with Gasteiger partial charge in [0.15, 0.2) is 0 Å². The minimum atomic E-state index is -0.0920. The highest BCUT2D eigenvalue weighted by molar-refractivity contribution is 5.84. The number of hydrogen-bond acceptors (Lipinski definition) is 5. The summed E-state index contributed by atoms with van der Waals surface area (Å²) in [5, 5.41) is 3.98. The number of likely N-dealkylation sites (N-methyl/N-ethyl adjacent to an activating group) is 1. The Bertz CT molecular complexity index is 907. The Morgan fingerprint density at radius 3 is 3.00 bits per heavy atom. The lowest BCUT2D eigenvalue weighted by Crippen LogP contribution is -2.33. The van der Waals surface area contributed by atoms with E-state index in [0.29, 0.717) is 18.3 Å². The van der Waals surface area contributed by atoms with Crippen LogP contribution in [0, 0.1) is 0 Å². The van der Waals surface area contributed by atoms with Crippen molar-refractivity contribution in [2.45, 2.75) is 31.7 Å². The minimum absolute atomic E-state index is 0.0920. The van der Waals surface area contributed by atoms with Crippen molar-refractivity contribution in [2.75, 3.05) is 7.05 Å². The average molecular weight is 348 g/mol. The summed E-state index contributed by atoms with van der Waals surface area (Å²) in [6.07, 6.45) is 6.33. The summed E-state index contributed by atoms with van der Waals surface area (Å²) in [6.45, 7) is 0.296. The van der Waals surface area contributed by atoms with E-state index in [4.69, 9.17) is 4.52 Å². The van der Waals surface area contributed by atoms with Gasteiger partial charge >= 0.3 is 0 Å². The number of aromatic nitrogens is 3. The first-order chi connectivity index (χ1) is 12.7. The van der Waals surface area contributed by atoms with Gasteiger partial charge in [0.25, 0.3) is 0 Å². The van der Waals surface area contributed by atoms with Gasteiger partial charge in [0, 0.05) is 25.0 Å². The quantitative estimate of drug-likeness (QED) is 0.724.